The fourth-order valence-corrected chi connectivity index (χ4v) is 5.42. The molecule has 0 saturated carbocycles. The molecule has 1 aliphatic rings. The smallest absolute Gasteiger partial charge is 0.255 e. The first kappa shape index (κ1) is 30.3. The molecule has 1 unspecified atom stereocenters. The van der Waals surface area contributed by atoms with E-state index in [2.05, 4.69) is 29.3 Å². The molecule has 1 N–H and O–H groups in total. The molecule has 8 heteroatoms. The summed E-state index contributed by atoms with van der Waals surface area (Å²) >= 11 is 5.98. The number of rotatable bonds is 16. The van der Waals surface area contributed by atoms with E-state index in [1.165, 1.54) is 0 Å². The highest BCUT2D eigenvalue weighted by atomic mass is 35.5. The molecule has 7 nitrogen and oxygen atoms in total. The summed E-state index contributed by atoms with van der Waals surface area (Å²) in [6, 6.07) is 15.2. The average molecular weight is 551 g/mol. The highest BCUT2D eigenvalue weighted by molar-refractivity contribution is 6.30. The van der Waals surface area contributed by atoms with Gasteiger partial charge in [-0.1, -0.05) is 49.2 Å². The predicted octanol–water partition coefficient (Wildman–Crippen LogP) is 5.12. The van der Waals surface area contributed by atoms with Gasteiger partial charge >= 0.3 is 0 Å². The van der Waals surface area contributed by atoms with Crippen LogP contribution in [0, 0.1) is 11.3 Å². The van der Waals surface area contributed by atoms with Crippen molar-refractivity contribution in [3.63, 3.8) is 0 Å². The molecule has 2 aromatic carbocycles. The Bertz CT molecular complexity index is 1160. The Kier molecular flexibility index (Phi) is 12.0. The van der Waals surface area contributed by atoms with Crippen LogP contribution in [0.3, 0.4) is 0 Å². The molecule has 2 amide bonds. The van der Waals surface area contributed by atoms with E-state index in [-0.39, 0.29) is 24.2 Å². The van der Waals surface area contributed by atoms with Crippen LogP contribution in [0.2, 0.25) is 5.02 Å². The van der Waals surface area contributed by atoms with Gasteiger partial charge in [-0.05, 0) is 86.6 Å². The van der Waals surface area contributed by atoms with Crippen molar-refractivity contribution in [2.24, 2.45) is 0 Å². The lowest BCUT2D eigenvalue weighted by Crippen LogP contribution is -2.46. The standard InChI is InChI=1S/C31H39ClN4O3/c1-3-35(19-17-25(21-33)23-13-15-26(32)16-14-23)18-6-4-5-9-24-10-7-11-27-28(24)22-36(31(27)39)29(12-8-20-37)30(38)34-2/h7,10-11,13-16,20,25,29H,3-6,8-9,12,17-19,22H2,1-2H3,(H,34,38)/t25-,29?/m0/s1. The summed E-state index contributed by atoms with van der Waals surface area (Å²) in [7, 11) is 1.55. The minimum Gasteiger partial charge on any atom is -0.357 e. The SMILES string of the molecule is CCN(CCCCCc1cccc2c1CN(C(CCC=O)C(=O)NC)C2=O)CC[C@@H](C#N)c1ccc(Cl)cc1. The first-order valence-electron chi connectivity index (χ1n) is 13.9. The van der Waals surface area contributed by atoms with E-state index < -0.39 is 6.04 Å². The molecule has 0 bridgehead atoms. The maximum absolute atomic E-state index is 13.1. The third-order valence-corrected chi connectivity index (χ3v) is 7.86. The van der Waals surface area contributed by atoms with Gasteiger partial charge in [-0.15, -0.1) is 0 Å². The fourth-order valence-electron chi connectivity index (χ4n) is 5.29. The van der Waals surface area contributed by atoms with Gasteiger partial charge in [-0.2, -0.15) is 5.26 Å². The lowest BCUT2D eigenvalue weighted by molar-refractivity contribution is -0.125. The summed E-state index contributed by atoms with van der Waals surface area (Å²) in [6.45, 7) is 5.36. The van der Waals surface area contributed by atoms with E-state index in [0.29, 0.717) is 23.6 Å². The average Bonchev–Trinajstić information content (AvgIpc) is 3.29. The Morgan fingerprint density at radius 3 is 2.59 bits per heavy atom. The van der Waals surface area contributed by atoms with E-state index in [0.717, 1.165) is 74.7 Å². The quantitative estimate of drug-likeness (QED) is 0.231. The number of aldehydes is 1. The molecule has 0 radical (unpaired) electrons. The second kappa shape index (κ2) is 15.4. The van der Waals surface area contributed by atoms with Gasteiger partial charge in [0.15, 0.2) is 0 Å². The molecule has 1 aliphatic heterocycles. The van der Waals surface area contributed by atoms with Gasteiger partial charge < -0.3 is 19.9 Å². The van der Waals surface area contributed by atoms with Crippen molar-refractivity contribution in [3.05, 3.63) is 69.7 Å². The predicted molar refractivity (Wildman–Crippen MR) is 154 cm³/mol. The first-order valence-corrected chi connectivity index (χ1v) is 14.3. The number of nitrogens with one attached hydrogen (secondary N) is 1. The monoisotopic (exact) mass is 550 g/mol. The first-order chi connectivity index (χ1) is 18.9. The largest absolute Gasteiger partial charge is 0.357 e. The molecule has 0 fully saturated rings. The fraction of sp³-hybridized carbons (Fsp3) is 0.484. The molecule has 208 valence electrons. The number of unbranched alkanes of at least 4 members (excludes halogenated alkanes) is 2. The zero-order valence-electron chi connectivity index (χ0n) is 23.0. The topological polar surface area (TPSA) is 93.5 Å². The van der Waals surface area contributed by atoms with Crippen molar-refractivity contribution in [1.29, 1.82) is 5.26 Å². The van der Waals surface area contributed by atoms with Crippen LogP contribution in [0.5, 0.6) is 0 Å². The van der Waals surface area contributed by atoms with Gasteiger partial charge in [0, 0.05) is 30.6 Å². The van der Waals surface area contributed by atoms with Gasteiger partial charge in [0.1, 0.15) is 12.3 Å². The molecule has 0 spiro atoms. The van der Waals surface area contributed by atoms with Crippen LogP contribution < -0.4 is 5.32 Å². The molecule has 0 aromatic heterocycles. The van der Waals surface area contributed by atoms with Crippen LogP contribution in [-0.2, 0) is 22.6 Å². The number of halogens is 1. The van der Waals surface area contributed by atoms with Crippen LogP contribution in [0.4, 0.5) is 0 Å². The Morgan fingerprint density at radius 2 is 1.92 bits per heavy atom. The molecular formula is C31H39ClN4O3. The van der Waals surface area contributed by atoms with Crippen molar-refractivity contribution in [3.8, 4) is 6.07 Å². The minimum absolute atomic E-state index is 0.139. The van der Waals surface area contributed by atoms with Gasteiger partial charge in [0.05, 0.1) is 12.0 Å². The Balaban J connectivity index is 1.49. The molecule has 0 aliphatic carbocycles. The van der Waals surface area contributed by atoms with Crippen molar-refractivity contribution < 1.29 is 14.4 Å². The summed E-state index contributed by atoms with van der Waals surface area (Å²) in [4.78, 5) is 40.5. The lowest BCUT2D eigenvalue weighted by Gasteiger charge is -2.25. The zero-order chi connectivity index (χ0) is 28.2. The zero-order valence-corrected chi connectivity index (χ0v) is 23.8. The molecule has 0 saturated heterocycles. The number of carbonyl (C=O) groups excluding carboxylic acids is 3. The number of amides is 2. The molecule has 1 heterocycles. The number of carbonyl (C=O) groups is 3. The maximum Gasteiger partial charge on any atom is 0.255 e. The normalized spacial score (nSPS) is 14.1. The van der Waals surface area contributed by atoms with E-state index in [9.17, 15) is 19.6 Å². The number of nitrogens with zero attached hydrogens (tertiary/aromatic N) is 3. The molecule has 39 heavy (non-hydrogen) atoms. The van der Waals surface area contributed by atoms with Crippen molar-refractivity contribution >= 4 is 29.7 Å². The van der Waals surface area contributed by atoms with Crippen LogP contribution >= 0.6 is 11.6 Å². The summed E-state index contributed by atoms with van der Waals surface area (Å²) in [6.07, 6.45) is 6.15. The van der Waals surface area contributed by atoms with Crippen molar-refractivity contribution in [1.82, 2.24) is 15.1 Å². The lowest BCUT2D eigenvalue weighted by atomic mass is 9.97. The maximum atomic E-state index is 13.1. The molecule has 2 aromatic rings. The number of aryl methyl sites for hydroxylation is 1. The van der Waals surface area contributed by atoms with E-state index in [1.807, 2.05) is 36.4 Å². The number of likely N-dealkylation sites (N-methyl/N-ethyl adjacent to an activating group) is 1. The van der Waals surface area contributed by atoms with Crippen LogP contribution in [-0.4, -0.2) is 60.6 Å². The number of benzene rings is 2. The third-order valence-electron chi connectivity index (χ3n) is 7.61. The Morgan fingerprint density at radius 1 is 1.15 bits per heavy atom. The second-order valence-corrected chi connectivity index (χ2v) is 10.5. The third kappa shape index (κ3) is 8.14. The highest BCUT2D eigenvalue weighted by Gasteiger charge is 2.36. The van der Waals surface area contributed by atoms with Crippen LogP contribution in [0.25, 0.3) is 0 Å². The second-order valence-electron chi connectivity index (χ2n) is 10.0. The highest BCUT2D eigenvalue weighted by Crippen LogP contribution is 2.30. The number of hydrogen-bond acceptors (Lipinski definition) is 5. The van der Waals surface area contributed by atoms with Crippen LogP contribution in [0.1, 0.15) is 78.4 Å². The number of hydrogen-bond donors (Lipinski definition) is 1. The van der Waals surface area contributed by atoms with Crippen molar-refractivity contribution in [2.75, 3.05) is 26.7 Å². The number of fused-ring (bicyclic) bond motifs is 1. The molecule has 3 rings (SSSR count). The van der Waals surface area contributed by atoms with Gasteiger partial charge in [-0.25, -0.2) is 0 Å². The van der Waals surface area contributed by atoms with Gasteiger partial charge in [-0.3, -0.25) is 9.59 Å². The minimum atomic E-state index is -0.645. The van der Waals surface area contributed by atoms with E-state index in [4.69, 9.17) is 11.6 Å². The summed E-state index contributed by atoms with van der Waals surface area (Å²) < 4.78 is 0. The number of nitriles is 1. The molecule has 2 atom stereocenters. The van der Waals surface area contributed by atoms with Crippen LogP contribution in [0.15, 0.2) is 42.5 Å². The summed E-state index contributed by atoms with van der Waals surface area (Å²) in [5, 5.41) is 12.9. The van der Waals surface area contributed by atoms with E-state index >= 15 is 0 Å². The van der Waals surface area contributed by atoms with Crippen molar-refractivity contribution in [2.45, 2.75) is 70.4 Å². The van der Waals surface area contributed by atoms with Gasteiger partial charge in [0.25, 0.3) is 5.91 Å². The Labute approximate surface area is 237 Å². The summed E-state index contributed by atoms with van der Waals surface area (Å²) in [5.41, 5.74) is 3.83. The van der Waals surface area contributed by atoms with E-state index in [1.54, 1.807) is 11.9 Å². The summed E-state index contributed by atoms with van der Waals surface area (Å²) in [5.74, 6) is -0.520. The molecular weight excluding hydrogens is 512 g/mol. The van der Waals surface area contributed by atoms with Gasteiger partial charge in [0.2, 0.25) is 5.91 Å². The Hall–Kier alpha value is -3.21.